The zero-order chi connectivity index (χ0) is 15.0. The number of nitrogens with two attached hydrogens (primary N) is 1. The van der Waals surface area contributed by atoms with Crippen molar-refractivity contribution in [2.75, 3.05) is 11.0 Å². The van der Waals surface area contributed by atoms with Crippen molar-refractivity contribution in [2.24, 2.45) is 5.73 Å². The highest BCUT2D eigenvalue weighted by atomic mass is 32.2. The Morgan fingerprint density at radius 1 is 1.14 bits per heavy atom. The molecule has 0 radical (unpaired) electrons. The summed E-state index contributed by atoms with van der Waals surface area (Å²) >= 11 is 0. The van der Waals surface area contributed by atoms with Crippen molar-refractivity contribution in [1.29, 1.82) is 0 Å². The summed E-state index contributed by atoms with van der Waals surface area (Å²) in [6.45, 7) is 0. The number of hydrogen-bond donors (Lipinski definition) is 2. The number of anilines is 1. The molecule has 0 saturated heterocycles. The summed E-state index contributed by atoms with van der Waals surface area (Å²) < 4.78 is 25.8. The number of nitrogens with one attached hydrogen (secondary N) is 1. The fraction of sp³-hybridized carbons (Fsp3) is 0.250. The molecule has 110 valence electrons. The normalized spacial score (nSPS) is 21.0. The molecule has 0 spiro atoms. The van der Waals surface area contributed by atoms with Crippen LogP contribution in [0.25, 0.3) is 11.1 Å². The van der Waals surface area contributed by atoms with Crippen molar-refractivity contribution >= 4 is 15.7 Å². The van der Waals surface area contributed by atoms with Crippen LogP contribution in [0.2, 0.25) is 0 Å². The first-order valence-electron chi connectivity index (χ1n) is 6.87. The summed E-state index contributed by atoms with van der Waals surface area (Å²) in [6.07, 6.45) is 2.13. The standard InChI is InChI=1S/C16H18N2O2S/c1-21(19,20)18-16-9-12(14-10-15(14)17)7-8-13(16)11-5-3-2-4-6-11/h2-9,14-15,18H,10,17H2,1H3/t14-,15+/m0/s1. The second kappa shape index (κ2) is 5.16. The highest BCUT2D eigenvalue weighted by Gasteiger charge is 2.35. The number of hydrogen-bond acceptors (Lipinski definition) is 3. The molecule has 0 heterocycles. The van der Waals surface area contributed by atoms with Crippen molar-refractivity contribution in [3.05, 3.63) is 54.1 Å². The Hall–Kier alpha value is -1.85. The van der Waals surface area contributed by atoms with Gasteiger partial charge in [0, 0.05) is 17.5 Å². The highest BCUT2D eigenvalue weighted by molar-refractivity contribution is 7.92. The summed E-state index contributed by atoms with van der Waals surface area (Å²) in [4.78, 5) is 0. The molecular formula is C16H18N2O2S. The Kier molecular flexibility index (Phi) is 3.47. The molecule has 4 nitrogen and oxygen atoms in total. The molecule has 21 heavy (non-hydrogen) atoms. The molecule has 0 aromatic heterocycles. The van der Waals surface area contributed by atoms with Crippen LogP contribution in [0.1, 0.15) is 17.9 Å². The van der Waals surface area contributed by atoms with E-state index in [2.05, 4.69) is 4.72 Å². The third-order valence-electron chi connectivity index (χ3n) is 3.69. The summed E-state index contributed by atoms with van der Waals surface area (Å²) in [5.41, 5.74) is 9.44. The minimum Gasteiger partial charge on any atom is -0.327 e. The molecule has 3 N–H and O–H groups in total. The SMILES string of the molecule is CS(=O)(=O)Nc1cc([C@@H]2C[C@H]2N)ccc1-c1ccccc1. The van der Waals surface area contributed by atoms with Crippen LogP contribution in [-0.4, -0.2) is 20.7 Å². The van der Waals surface area contributed by atoms with E-state index < -0.39 is 10.0 Å². The molecule has 1 aliphatic carbocycles. The van der Waals surface area contributed by atoms with Gasteiger partial charge in [0.2, 0.25) is 10.0 Å². The Balaban J connectivity index is 2.06. The molecule has 3 rings (SSSR count). The van der Waals surface area contributed by atoms with Crippen molar-refractivity contribution in [2.45, 2.75) is 18.4 Å². The largest absolute Gasteiger partial charge is 0.327 e. The van der Waals surface area contributed by atoms with Crippen molar-refractivity contribution in [3.8, 4) is 11.1 Å². The van der Waals surface area contributed by atoms with Gasteiger partial charge in [-0.2, -0.15) is 0 Å². The van der Waals surface area contributed by atoms with Crippen LogP contribution >= 0.6 is 0 Å². The lowest BCUT2D eigenvalue weighted by Gasteiger charge is -2.13. The monoisotopic (exact) mass is 302 g/mol. The van der Waals surface area contributed by atoms with Gasteiger partial charge in [-0.3, -0.25) is 4.72 Å². The Bertz CT molecular complexity index is 757. The van der Waals surface area contributed by atoms with Gasteiger partial charge in [0.1, 0.15) is 0 Å². The third kappa shape index (κ3) is 3.25. The van der Waals surface area contributed by atoms with Crippen LogP contribution in [0.4, 0.5) is 5.69 Å². The molecule has 0 unspecified atom stereocenters. The van der Waals surface area contributed by atoms with E-state index in [1.807, 2.05) is 48.5 Å². The first-order valence-corrected chi connectivity index (χ1v) is 8.76. The van der Waals surface area contributed by atoms with E-state index in [1.54, 1.807) is 0 Å². The maximum Gasteiger partial charge on any atom is 0.229 e. The summed E-state index contributed by atoms with van der Waals surface area (Å²) in [5, 5.41) is 0. The smallest absolute Gasteiger partial charge is 0.229 e. The van der Waals surface area contributed by atoms with E-state index in [1.165, 1.54) is 0 Å². The van der Waals surface area contributed by atoms with Crippen molar-refractivity contribution < 1.29 is 8.42 Å². The second-order valence-corrected chi connectivity index (χ2v) is 7.30. The lowest BCUT2D eigenvalue weighted by molar-refractivity contribution is 0.607. The zero-order valence-corrected chi connectivity index (χ0v) is 12.6. The number of sulfonamides is 1. The molecule has 1 saturated carbocycles. The Labute approximate surface area is 125 Å². The first-order chi connectivity index (χ1) is 9.94. The van der Waals surface area contributed by atoms with Crippen LogP contribution in [0.15, 0.2) is 48.5 Å². The molecule has 2 aromatic carbocycles. The molecular weight excluding hydrogens is 284 g/mol. The van der Waals surface area contributed by atoms with E-state index in [4.69, 9.17) is 5.73 Å². The molecule has 2 aromatic rings. The van der Waals surface area contributed by atoms with Crippen molar-refractivity contribution in [1.82, 2.24) is 0 Å². The van der Waals surface area contributed by atoms with Crippen LogP contribution < -0.4 is 10.5 Å². The molecule has 1 fully saturated rings. The molecule has 1 aliphatic rings. The van der Waals surface area contributed by atoms with Gasteiger partial charge in [0.05, 0.1) is 11.9 Å². The predicted octanol–water partition coefficient (Wildman–Crippen LogP) is 2.54. The van der Waals surface area contributed by atoms with Crippen LogP contribution in [0.3, 0.4) is 0 Å². The number of rotatable bonds is 4. The van der Waals surface area contributed by atoms with Crippen molar-refractivity contribution in [3.63, 3.8) is 0 Å². The Morgan fingerprint density at radius 3 is 2.38 bits per heavy atom. The van der Waals surface area contributed by atoms with Gasteiger partial charge in [-0.05, 0) is 23.6 Å². The van der Waals surface area contributed by atoms with E-state index in [0.29, 0.717) is 11.6 Å². The minimum atomic E-state index is -3.32. The topological polar surface area (TPSA) is 72.2 Å². The first kappa shape index (κ1) is 14.1. The van der Waals surface area contributed by atoms with Gasteiger partial charge in [0.25, 0.3) is 0 Å². The number of benzene rings is 2. The average Bonchev–Trinajstić information content (AvgIpc) is 3.15. The van der Waals surface area contributed by atoms with E-state index in [-0.39, 0.29) is 6.04 Å². The predicted molar refractivity (Wildman–Crippen MR) is 85.7 cm³/mol. The minimum absolute atomic E-state index is 0.193. The quantitative estimate of drug-likeness (QED) is 0.911. The van der Waals surface area contributed by atoms with Gasteiger partial charge in [0.15, 0.2) is 0 Å². The summed E-state index contributed by atoms with van der Waals surface area (Å²) in [5.74, 6) is 0.343. The molecule has 0 aliphatic heterocycles. The summed E-state index contributed by atoms with van der Waals surface area (Å²) in [6, 6.07) is 15.8. The van der Waals surface area contributed by atoms with E-state index >= 15 is 0 Å². The van der Waals surface area contributed by atoms with E-state index in [9.17, 15) is 8.42 Å². The van der Waals surface area contributed by atoms with Crippen LogP contribution in [0, 0.1) is 0 Å². The molecule has 2 atom stereocenters. The van der Waals surface area contributed by atoms with Gasteiger partial charge < -0.3 is 5.73 Å². The van der Waals surface area contributed by atoms with Gasteiger partial charge >= 0.3 is 0 Å². The van der Waals surface area contributed by atoms with E-state index in [0.717, 1.165) is 29.4 Å². The van der Waals surface area contributed by atoms with Gasteiger partial charge in [-0.25, -0.2) is 8.42 Å². The van der Waals surface area contributed by atoms with Gasteiger partial charge in [-0.1, -0.05) is 42.5 Å². The second-order valence-electron chi connectivity index (χ2n) is 5.55. The zero-order valence-electron chi connectivity index (χ0n) is 11.8. The lowest BCUT2D eigenvalue weighted by atomic mass is 10.00. The van der Waals surface area contributed by atoms with Gasteiger partial charge in [-0.15, -0.1) is 0 Å². The summed E-state index contributed by atoms with van der Waals surface area (Å²) in [7, 11) is -3.32. The molecule has 0 bridgehead atoms. The molecule has 0 amide bonds. The maximum atomic E-state index is 11.6. The fourth-order valence-corrected chi connectivity index (χ4v) is 3.11. The highest BCUT2D eigenvalue weighted by Crippen LogP contribution is 2.41. The lowest BCUT2D eigenvalue weighted by Crippen LogP contribution is -2.11. The van der Waals surface area contributed by atoms with Crippen LogP contribution in [-0.2, 0) is 10.0 Å². The third-order valence-corrected chi connectivity index (χ3v) is 4.28. The van der Waals surface area contributed by atoms with Crippen LogP contribution in [0.5, 0.6) is 0 Å². The molecule has 5 heteroatoms. The Morgan fingerprint density at radius 2 is 1.81 bits per heavy atom. The average molecular weight is 302 g/mol. The maximum absolute atomic E-state index is 11.6. The fourth-order valence-electron chi connectivity index (χ4n) is 2.54.